The van der Waals surface area contributed by atoms with Crippen molar-refractivity contribution in [2.75, 3.05) is 24.5 Å². The van der Waals surface area contributed by atoms with Crippen LogP contribution in [0.2, 0.25) is 0 Å². The largest absolute Gasteiger partial charge is 0.361 e. The van der Waals surface area contributed by atoms with Gasteiger partial charge in [-0.3, -0.25) is 4.79 Å². The molecule has 1 aromatic carbocycles. The Balaban J connectivity index is 1.25. The third-order valence-electron chi connectivity index (χ3n) is 7.06. The van der Waals surface area contributed by atoms with Crippen molar-refractivity contribution in [3.8, 4) is 0 Å². The van der Waals surface area contributed by atoms with Gasteiger partial charge in [-0.15, -0.1) is 0 Å². The molecule has 4 aromatic rings. The monoisotopic (exact) mass is 399 g/mol. The molecule has 2 aliphatic heterocycles. The molecule has 1 N–H and O–H groups in total. The molecule has 1 atom stereocenters. The van der Waals surface area contributed by atoms with Crippen molar-refractivity contribution >= 4 is 33.5 Å². The molecule has 0 bridgehead atoms. The van der Waals surface area contributed by atoms with Crippen molar-refractivity contribution in [1.82, 2.24) is 19.4 Å². The SMILES string of the molecule is Cn1ccc2ccnc(N3CCC4(CCN(Cc5c[nH]c6ccccc56)C4=O)C3)c21. The average molecular weight is 399 g/mol. The minimum absolute atomic E-state index is 0.277. The average Bonchev–Trinajstić information content (AvgIpc) is 3.53. The predicted molar refractivity (Wildman–Crippen MR) is 118 cm³/mol. The molecule has 1 unspecified atom stereocenters. The highest BCUT2D eigenvalue weighted by Crippen LogP contribution is 2.43. The molecular weight excluding hydrogens is 374 g/mol. The molecule has 6 heteroatoms. The van der Waals surface area contributed by atoms with E-state index in [2.05, 4.69) is 56.9 Å². The highest BCUT2D eigenvalue weighted by atomic mass is 16.2. The Morgan fingerprint density at radius 1 is 1.13 bits per heavy atom. The number of carbonyl (C=O) groups excluding carboxylic acids is 1. The van der Waals surface area contributed by atoms with Gasteiger partial charge in [0.1, 0.15) is 0 Å². The van der Waals surface area contributed by atoms with Crippen LogP contribution in [0.25, 0.3) is 21.8 Å². The first-order valence-corrected chi connectivity index (χ1v) is 10.6. The number of rotatable bonds is 3. The number of aromatic amines is 1. The van der Waals surface area contributed by atoms with E-state index in [-0.39, 0.29) is 5.41 Å². The number of anilines is 1. The Morgan fingerprint density at radius 3 is 2.93 bits per heavy atom. The zero-order valence-corrected chi connectivity index (χ0v) is 17.1. The summed E-state index contributed by atoms with van der Waals surface area (Å²) in [6.07, 6.45) is 7.82. The summed E-state index contributed by atoms with van der Waals surface area (Å²) in [7, 11) is 2.06. The van der Waals surface area contributed by atoms with Gasteiger partial charge in [0, 0.05) is 68.1 Å². The molecule has 3 aromatic heterocycles. The van der Waals surface area contributed by atoms with E-state index in [0.29, 0.717) is 12.5 Å². The van der Waals surface area contributed by atoms with Crippen LogP contribution in [-0.2, 0) is 18.4 Å². The van der Waals surface area contributed by atoms with Gasteiger partial charge < -0.3 is 19.4 Å². The van der Waals surface area contributed by atoms with Gasteiger partial charge in [0.2, 0.25) is 5.91 Å². The molecular formula is C24H25N5O. The number of pyridine rings is 1. The second-order valence-corrected chi connectivity index (χ2v) is 8.79. The maximum absolute atomic E-state index is 13.5. The Bertz CT molecular complexity index is 1270. The minimum atomic E-state index is -0.277. The fraction of sp³-hybridized carbons (Fsp3) is 0.333. The number of nitrogens with one attached hydrogen (secondary N) is 1. The predicted octanol–water partition coefficient (Wildman–Crippen LogP) is 3.68. The molecule has 30 heavy (non-hydrogen) atoms. The lowest BCUT2D eigenvalue weighted by atomic mass is 9.85. The summed E-state index contributed by atoms with van der Waals surface area (Å²) in [6, 6.07) is 12.5. The number of benzene rings is 1. The zero-order valence-electron chi connectivity index (χ0n) is 17.1. The summed E-state index contributed by atoms with van der Waals surface area (Å²) in [6.45, 7) is 3.14. The van der Waals surface area contributed by atoms with E-state index in [1.165, 1.54) is 16.3 Å². The number of hydrogen-bond acceptors (Lipinski definition) is 3. The number of carbonyl (C=O) groups is 1. The summed E-state index contributed by atoms with van der Waals surface area (Å²) in [4.78, 5) is 25.9. The van der Waals surface area contributed by atoms with Crippen LogP contribution in [0.15, 0.2) is 55.0 Å². The number of aryl methyl sites for hydroxylation is 1. The van der Waals surface area contributed by atoms with E-state index < -0.39 is 0 Å². The first kappa shape index (κ1) is 17.6. The number of H-pyrrole nitrogens is 1. The fourth-order valence-electron chi connectivity index (χ4n) is 5.39. The number of likely N-dealkylation sites (tertiary alicyclic amines) is 1. The van der Waals surface area contributed by atoms with Gasteiger partial charge in [-0.25, -0.2) is 4.98 Å². The van der Waals surface area contributed by atoms with Crippen molar-refractivity contribution in [3.05, 3.63) is 60.6 Å². The minimum Gasteiger partial charge on any atom is -0.361 e. The Labute approximate surface area is 175 Å². The molecule has 0 radical (unpaired) electrons. The number of nitrogens with zero attached hydrogens (tertiary/aromatic N) is 4. The number of para-hydroxylation sites is 1. The Morgan fingerprint density at radius 2 is 2.00 bits per heavy atom. The first-order chi connectivity index (χ1) is 14.6. The van der Waals surface area contributed by atoms with Crippen LogP contribution in [0.3, 0.4) is 0 Å². The molecule has 1 amide bonds. The van der Waals surface area contributed by atoms with Crippen LogP contribution in [0.4, 0.5) is 5.82 Å². The van der Waals surface area contributed by atoms with E-state index in [4.69, 9.17) is 4.98 Å². The first-order valence-electron chi connectivity index (χ1n) is 10.6. The molecule has 2 aliphatic rings. The molecule has 0 saturated carbocycles. The van der Waals surface area contributed by atoms with Crippen molar-refractivity contribution in [3.63, 3.8) is 0 Å². The van der Waals surface area contributed by atoms with Crippen LogP contribution in [0.5, 0.6) is 0 Å². The van der Waals surface area contributed by atoms with Crippen LogP contribution in [-0.4, -0.2) is 45.0 Å². The van der Waals surface area contributed by atoms with Gasteiger partial charge in [0.25, 0.3) is 0 Å². The van der Waals surface area contributed by atoms with Crippen LogP contribution in [0.1, 0.15) is 18.4 Å². The van der Waals surface area contributed by atoms with Gasteiger partial charge in [-0.05, 0) is 36.6 Å². The van der Waals surface area contributed by atoms with Gasteiger partial charge in [0.05, 0.1) is 10.9 Å². The number of hydrogen-bond donors (Lipinski definition) is 1. The van der Waals surface area contributed by atoms with Crippen molar-refractivity contribution in [2.45, 2.75) is 19.4 Å². The Kier molecular flexibility index (Phi) is 3.72. The van der Waals surface area contributed by atoms with Gasteiger partial charge in [-0.1, -0.05) is 18.2 Å². The molecule has 1 spiro atoms. The molecule has 0 aliphatic carbocycles. The molecule has 152 valence electrons. The quantitative estimate of drug-likeness (QED) is 0.572. The zero-order chi connectivity index (χ0) is 20.3. The van der Waals surface area contributed by atoms with Gasteiger partial charge >= 0.3 is 0 Å². The fourth-order valence-corrected chi connectivity index (χ4v) is 5.39. The summed E-state index contributed by atoms with van der Waals surface area (Å²) < 4.78 is 2.13. The second-order valence-electron chi connectivity index (χ2n) is 8.79. The van der Waals surface area contributed by atoms with Crippen LogP contribution >= 0.6 is 0 Å². The van der Waals surface area contributed by atoms with Crippen LogP contribution < -0.4 is 4.90 Å². The molecule has 2 fully saturated rings. The summed E-state index contributed by atoms with van der Waals surface area (Å²) in [5.74, 6) is 1.30. The number of amides is 1. The molecule has 5 heterocycles. The molecule has 6 rings (SSSR count). The summed E-state index contributed by atoms with van der Waals surface area (Å²) >= 11 is 0. The van der Waals surface area contributed by atoms with E-state index in [1.807, 2.05) is 24.5 Å². The van der Waals surface area contributed by atoms with Gasteiger partial charge in [-0.2, -0.15) is 0 Å². The normalized spacial score (nSPS) is 21.7. The standard InChI is InChI=1S/C24H25N5O/c1-27-11-7-17-6-10-25-22(21(17)27)29-13-9-24(16-29)8-12-28(23(24)30)15-18-14-26-20-5-3-2-4-19(18)20/h2-7,10-11,14,26H,8-9,12-13,15-16H2,1H3. The highest BCUT2D eigenvalue weighted by Gasteiger charge is 2.51. The van der Waals surface area contributed by atoms with Crippen molar-refractivity contribution < 1.29 is 4.79 Å². The van der Waals surface area contributed by atoms with Crippen molar-refractivity contribution in [2.24, 2.45) is 12.5 Å². The molecule has 2 saturated heterocycles. The smallest absolute Gasteiger partial charge is 0.231 e. The van der Waals surface area contributed by atoms with E-state index in [0.717, 1.165) is 49.3 Å². The van der Waals surface area contributed by atoms with Crippen molar-refractivity contribution in [1.29, 1.82) is 0 Å². The number of fused-ring (bicyclic) bond motifs is 2. The third-order valence-corrected chi connectivity index (χ3v) is 7.06. The summed E-state index contributed by atoms with van der Waals surface area (Å²) in [5.41, 5.74) is 3.19. The topological polar surface area (TPSA) is 57.2 Å². The molecule has 6 nitrogen and oxygen atoms in total. The maximum Gasteiger partial charge on any atom is 0.231 e. The number of aromatic nitrogens is 3. The lowest BCUT2D eigenvalue weighted by Crippen LogP contribution is -2.36. The van der Waals surface area contributed by atoms with E-state index in [9.17, 15) is 4.79 Å². The second kappa shape index (κ2) is 6.36. The van der Waals surface area contributed by atoms with E-state index >= 15 is 0 Å². The maximum atomic E-state index is 13.5. The highest BCUT2D eigenvalue weighted by molar-refractivity contribution is 5.92. The lowest BCUT2D eigenvalue weighted by molar-refractivity contribution is -0.135. The summed E-state index contributed by atoms with van der Waals surface area (Å²) in [5, 5.41) is 2.40. The van der Waals surface area contributed by atoms with Crippen LogP contribution in [0, 0.1) is 5.41 Å². The lowest BCUT2D eigenvalue weighted by Gasteiger charge is -2.24. The van der Waals surface area contributed by atoms with E-state index in [1.54, 1.807) is 0 Å². The van der Waals surface area contributed by atoms with Gasteiger partial charge in [0.15, 0.2) is 5.82 Å². The Hall–Kier alpha value is -3.28. The third kappa shape index (κ3) is 2.49.